The first-order valence-corrected chi connectivity index (χ1v) is 12.7. The molecule has 12 nitrogen and oxygen atoms in total. The number of allylic oxidation sites excluding steroid dienone is 1. The van der Waals surface area contributed by atoms with Crippen molar-refractivity contribution in [2.24, 2.45) is 0 Å². The van der Waals surface area contributed by atoms with Crippen molar-refractivity contribution in [1.29, 1.82) is 0 Å². The summed E-state index contributed by atoms with van der Waals surface area (Å²) in [5.41, 5.74) is -0.144. The van der Waals surface area contributed by atoms with E-state index in [0.29, 0.717) is 11.3 Å². The summed E-state index contributed by atoms with van der Waals surface area (Å²) in [7, 11) is 0. The fourth-order valence-electron chi connectivity index (χ4n) is 3.44. The number of rotatable bonds is 7. The third-order valence-corrected chi connectivity index (χ3v) is 7.00. The highest BCUT2D eigenvalue weighted by molar-refractivity contribution is 8.00. The smallest absolute Gasteiger partial charge is 0.413 e. The van der Waals surface area contributed by atoms with Crippen molar-refractivity contribution in [1.82, 2.24) is 15.2 Å². The Morgan fingerprint density at radius 3 is 2.58 bits per heavy atom. The number of β-lactam (4-membered cyclic amide) rings is 1. The van der Waals surface area contributed by atoms with E-state index >= 15 is 0 Å². The Labute approximate surface area is 215 Å². The highest BCUT2D eigenvalue weighted by atomic mass is 32.2. The van der Waals surface area contributed by atoms with E-state index in [0.717, 1.165) is 16.2 Å². The number of nitrogens with zero attached hydrogens (tertiary/aromatic N) is 2. The maximum Gasteiger partial charge on any atom is 0.413 e. The van der Waals surface area contributed by atoms with Crippen LogP contribution in [-0.4, -0.2) is 74.2 Å². The van der Waals surface area contributed by atoms with Crippen molar-refractivity contribution in [3.63, 3.8) is 0 Å². The first-order valence-electron chi connectivity index (χ1n) is 10.8. The zero-order valence-corrected chi connectivity index (χ0v) is 21.9. The van der Waals surface area contributed by atoms with E-state index in [-0.39, 0.29) is 28.8 Å². The fraction of sp³-hybridized carbons (Fsp3) is 0.455. The minimum absolute atomic E-state index is 0.181. The van der Waals surface area contributed by atoms with Crippen LogP contribution < -0.4 is 10.6 Å². The minimum atomic E-state index is -1.32. The number of hydrogen-bond donors (Lipinski definition) is 3. The third-order valence-electron chi connectivity index (χ3n) is 4.91. The summed E-state index contributed by atoms with van der Waals surface area (Å²) in [5.74, 6) is -2.82. The SMILES string of the molecule is CC=C(C(=O)NC1C(=O)N2C(C(=O)O)=C(COC(C)=O)CS[C@@H]12)c1csc(NC(=O)OC(C)(C)C)n1. The first-order chi connectivity index (χ1) is 16.8. The van der Waals surface area contributed by atoms with Gasteiger partial charge in [0.15, 0.2) is 5.13 Å². The average molecular weight is 539 g/mol. The van der Waals surface area contributed by atoms with E-state index in [9.17, 15) is 29.1 Å². The molecule has 194 valence electrons. The summed E-state index contributed by atoms with van der Waals surface area (Å²) in [6.45, 7) is 7.79. The lowest BCUT2D eigenvalue weighted by atomic mass is 10.0. The van der Waals surface area contributed by atoms with Crippen LogP contribution in [0.2, 0.25) is 0 Å². The van der Waals surface area contributed by atoms with Crippen molar-refractivity contribution < 1.29 is 38.6 Å². The molecule has 1 unspecified atom stereocenters. The number of anilines is 1. The molecular formula is C22H26N4O8S2. The van der Waals surface area contributed by atoms with Gasteiger partial charge in [0.05, 0.1) is 11.3 Å². The number of ether oxygens (including phenoxy) is 2. The number of carboxylic acids is 1. The molecule has 2 atom stereocenters. The van der Waals surface area contributed by atoms with Crippen LogP contribution in [0.4, 0.5) is 9.93 Å². The molecule has 1 aromatic rings. The number of carbonyl (C=O) groups is 5. The minimum Gasteiger partial charge on any atom is -0.477 e. The van der Waals surface area contributed by atoms with Gasteiger partial charge in [-0.15, -0.1) is 23.1 Å². The summed E-state index contributed by atoms with van der Waals surface area (Å²) in [6, 6.07) is -0.944. The summed E-state index contributed by atoms with van der Waals surface area (Å²) < 4.78 is 10.1. The molecule has 1 aromatic heterocycles. The van der Waals surface area contributed by atoms with Crippen molar-refractivity contribution in [2.75, 3.05) is 17.7 Å². The van der Waals surface area contributed by atoms with Gasteiger partial charge in [-0.2, -0.15) is 0 Å². The molecule has 3 rings (SSSR count). The van der Waals surface area contributed by atoms with Gasteiger partial charge in [-0.25, -0.2) is 14.6 Å². The van der Waals surface area contributed by atoms with E-state index in [1.165, 1.54) is 24.8 Å². The fourth-order valence-corrected chi connectivity index (χ4v) is 5.47. The standard InChI is InChI=1S/C22H26N4O8S2/c1-6-12(13-9-36-20(23-13)25-21(32)34-22(3,4)5)16(28)24-14-17(29)26-15(19(30)31)11(7-33-10(2)27)8-35-18(14)26/h6,9,14,18H,7-8H2,1-5H3,(H,24,28)(H,30,31)(H,23,25,32)/t14?,18-/m0/s1. The molecule has 2 aliphatic rings. The molecule has 0 spiro atoms. The maximum absolute atomic E-state index is 13.0. The van der Waals surface area contributed by atoms with Gasteiger partial charge in [0.1, 0.15) is 29.3 Å². The highest BCUT2D eigenvalue weighted by Gasteiger charge is 2.54. The number of esters is 1. The van der Waals surface area contributed by atoms with Crippen LogP contribution in [-0.2, 0) is 28.7 Å². The van der Waals surface area contributed by atoms with Crippen LogP contribution in [0.5, 0.6) is 0 Å². The monoisotopic (exact) mass is 538 g/mol. The van der Waals surface area contributed by atoms with Crippen LogP contribution in [0.15, 0.2) is 22.7 Å². The quantitative estimate of drug-likeness (QED) is 0.266. The van der Waals surface area contributed by atoms with E-state index in [1.54, 1.807) is 33.1 Å². The Morgan fingerprint density at radius 2 is 2.00 bits per heavy atom. The van der Waals surface area contributed by atoms with E-state index in [2.05, 4.69) is 15.6 Å². The Hall–Kier alpha value is -3.39. The second kappa shape index (κ2) is 10.7. The number of aromatic nitrogens is 1. The molecule has 0 bridgehead atoms. The molecule has 36 heavy (non-hydrogen) atoms. The predicted molar refractivity (Wildman–Crippen MR) is 132 cm³/mol. The number of carbonyl (C=O) groups excluding carboxylic acids is 4. The van der Waals surface area contributed by atoms with Crippen LogP contribution in [0.1, 0.15) is 40.3 Å². The number of thiazole rings is 1. The van der Waals surface area contributed by atoms with Crippen LogP contribution in [0.3, 0.4) is 0 Å². The Balaban J connectivity index is 1.68. The predicted octanol–water partition coefficient (Wildman–Crippen LogP) is 2.20. The summed E-state index contributed by atoms with van der Waals surface area (Å²) in [5, 5.41) is 16.0. The lowest BCUT2D eigenvalue weighted by Crippen LogP contribution is -2.70. The molecular weight excluding hydrogens is 512 g/mol. The number of amides is 3. The second-order valence-corrected chi connectivity index (χ2v) is 10.7. The van der Waals surface area contributed by atoms with E-state index in [4.69, 9.17) is 9.47 Å². The lowest BCUT2D eigenvalue weighted by molar-refractivity contribution is -0.150. The van der Waals surface area contributed by atoms with Gasteiger partial charge in [-0.05, 0) is 27.7 Å². The molecule has 0 aromatic carbocycles. The van der Waals surface area contributed by atoms with Gasteiger partial charge in [0, 0.05) is 23.6 Å². The molecule has 0 saturated carbocycles. The van der Waals surface area contributed by atoms with Gasteiger partial charge in [-0.3, -0.25) is 24.6 Å². The molecule has 1 saturated heterocycles. The number of thioether (sulfide) groups is 1. The Bertz CT molecular complexity index is 1170. The van der Waals surface area contributed by atoms with Crippen LogP contribution in [0, 0.1) is 0 Å². The lowest BCUT2D eigenvalue weighted by Gasteiger charge is -2.49. The number of carboxylic acid groups (broad SMARTS) is 1. The zero-order chi connectivity index (χ0) is 26.8. The van der Waals surface area contributed by atoms with Crippen molar-refractivity contribution in [3.05, 3.63) is 28.4 Å². The van der Waals surface area contributed by atoms with Crippen LogP contribution >= 0.6 is 23.1 Å². The number of hydrogen-bond acceptors (Lipinski definition) is 10. The van der Waals surface area contributed by atoms with Crippen molar-refractivity contribution in [3.8, 4) is 0 Å². The maximum atomic E-state index is 13.0. The van der Waals surface area contributed by atoms with Gasteiger partial charge < -0.3 is 19.9 Å². The summed E-state index contributed by atoms with van der Waals surface area (Å²) >= 11 is 2.36. The molecule has 0 aliphatic carbocycles. The topological polar surface area (TPSA) is 164 Å². The number of nitrogens with one attached hydrogen (secondary N) is 2. The molecule has 2 aliphatic heterocycles. The van der Waals surface area contributed by atoms with E-state index < -0.39 is 46.9 Å². The van der Waals surface area contributed by atoms with Crippen molar-refractivity contribution in [2.45, 2.75) is 51.6 Å². The largest absolute Gasteiger partial charge is 0.477 e. The van der Waals surface area contributed by atoms with Crippen LogP contribution in [0.25, 0.3) is 5.57 Å². The molecule has 1 fully saturated rings. The normalized spacial score (nSPS) is 19.8. The van der Waals surface area contributed by atoms with Gasteiger partial charge in [0.25, 0.3) is 11.8 Å². The third kappa shape index (κ3) is 6.05. The van der Waals surface area contributed by atoms with E-state index in [1.807, 2.05) is 0 Å². The summed E-state index contributed by atoms with van der Waals surface area (Å²) in [6.07, 6.45) is 0.843. The molecule has 3 amide bonds. The molecule has 3 heterocycles. The first kappa shape index (κ1) is 27.2. The molecule has 14 heteroatoms. The van der Waals surface area contributed by atoms with Gasteiger partial charge in [-0.1, -0.05) is 6.08 Å². The highest BCUT2D eigenvalue weighted by Crippen LogP contribution is 2.40. The van der Waals surface area contributed by atoms with Crippen molar-refractivity contribution >= 4 is 63.6 Å². The zero-order valence-electron chi connectivity index (χ0n) is 20.2. The molecule has 3 N–H and O–H groups in total. The van der Waals surface area contributed by atoms with Gasteiger partial charge >= 0.3 is 18.0 Å². The Kier molecular flexibility index (Phi) is 8.09. The average Bonchev–Trinajstić information content (AvgIpc) is 3.21. The summed E-state index contributed by atoms with van der Waals surface area (Å²) in [4.78, 5) is 66.1. The Morgan fingerprint density at radius 1 is 1.31 bits per heavy atom. The number of aliphatic carboxylic acids is 1. The molecule has 0 radical (unpaired) electrons. The number of fused-ring (bicyclic) bond motifs is 1. The van der Waals surface area contributed by atoms with Gasteiger partial charge in [0.2, 0.25) is 0 Å². The second-order valence-electron chi connectivity index (χ2n) is 8.77.